The predicted octanol–water partition coefficient (Wildman–Crippen LogP) is 3.06. The standard InChI is InChI=1S/C18H18N2O3/c1-12-6-3-4-8-14(12)20-18-13(2)7-5-9-15(18)19-16(21)10-11-17(22)23/h3-9H,2,10-11H2,1H3,(H,19,21)(H,22,23)/b20-18+. The van der Waals surface area contributed by atoms with Crippen molar-refractivity contribution in [2.75, 3.05) is 0 Å². The van der Waals surface area contributed by atoms with Gasteiger partial charge in [0.15, 0.2) is 0 Å². The van der Waals surface area contributed by atoms with Crippen LogP contribution in [0, 0.1) is 6.92 Å². The summed E-state index contributed by atoms with van der Waals surface area (Å²) in [4.78, 5) is 27.0. The molecular weight excluding hydrogens is 292 g/mol. The van der Waals surface area contributed by atoms with Crippen molar-refractivity contribution in [3.8, 4) is 0 Å². The molecule has 0 bridgehead atoms. The zero-order chi connectivity index (χ0) is 16.8. The minimum atomic E-state index is -1.00. The van der Waals surface area contributed by atoms with Gasteiger partial charge >= 0.3 is 5.97 Å². The number of carbonyl (C=O) groups is 2. The maximum Gasteiger partial charge on any atom is 0.303 e. The van der Waals surface area contributed by atoms with Crippen molar-refractivity contribution in [2.24, 2.45) is 4.99 Å². The van der Waals surface area contributed by atoms with Crippen LogP contribution in [0.3, 0.4) is 0 Å². The largest absolute Gasteiger partial charge is 0.481 e. The van der Waals surface area contributed by atoms with Crippen LogP contribution >= 0.6 is 0 Å². The van der Waals surface area contributed by atoms with Gasteiger partial charge in [0.25, 0.3) is 0 Å². The summed E-state index contributed by atoms with van der Waals surface area (Å²) in [5, 5.41) is 11.4. The van der Waals surface area contributed by atoms with Gasteiger partial charge in [0.2, 0.25) is 5.91 Å². The summed E-state index contributed by atoms with van der Waals surface area (Å²) in [6, 6.07) is 7.66. The van der Waals surface area contributed by atoms with E-state index in [0.29, 0.717) is 17.0 Å². The van der Waals surface area contributed by atoms with Gasteiger partial charge in [-0.15, -0.1) is 0 Å². The third-order valence-electron chi connectivity index (χ3n) is 3.31. The lowest BCUT2D eigenvalue weighted by Gasteiger charge is -2.16. The maximum atomic E-state index is 11.9. The molecule has 0 aliphatic heterocycles. The van der Waals surface area contributed by atoms with Crippen molar-refractivity contribution in [2.45, 2.75) is 19.8 Å². The highest BCUT2D eigenvalue weighted by Crippen LogP contribution is 2.22. The molecule has 0 fully saturated rings. The molecule has 0 unspecified atom stereocenters. The van der Waals surface area contributed by atoms with Crippen LogP contribution in [0.5, 0.6) is 0 Å². The minimum Gasteiger partial charge on any atom is -0.481 e. The van der Waals surface area contributed by atoms with Gasteiger partial charge in [0.1, 0.15) is 0 Å². The third-order valence-corrected chi connectivity index (χ3v) is 3.31. The van der Waals surface area contributed by atoms with E-state index in [2.05, 4.69) is 16.9 Å². The van der Waals surface area contributed by atoms with E-state index in [1.807, 2.05) is 37.3 Å². The van der Waals surface area contributed by atoms with Gasteiger partial charge in [-0.1, -0.05) is 36.9 Å². The molecule has 0 saturated carbocycles. The number of aryl methyl sites for hydroxylation is 1. The molecule has 0 heterocycles. The van der Waals surface area contributed by atoms with E-state index in [1.54, 1.807) is 12.2 Å². The number of carboxylic acid groups (broad SMARTS) is 1. The van der Waals surface area contributed by atoms with Crippen molar-refractivity contribution in [1.82, 2.24) is 5.32 Å². The SMILES string of the molecule is C=C1C=CC=C(NC(=O)CCC(=O)O)/C1=N/c1ccccc1C. The highest BCUT2D eigenvalue weighted by Gasteiger charge is 2.16. The number of nitrogens with one attached hydrogen (secondary N) is 1. The normalized spacial score (nSPS) is 15.4. The second-order valence-corrected chi connectivity index (χ2v) is 5.15. The molecule has 23 heavy (non-hydrogen) atoms. The molecule has 0 spiro atoms. The van der Waals surface area contributed by atoms with Crippen LogP contribution < -0.4 is 5.32 Å². The van der Waals surface area contributed by atoms with E-state index < -0.39 is 5.97 Å². The van der Waals surface area contributed by atoms with Crippen LogP contribution in [-0.2, 0) is 9.59 Å². The molecule has 1 aliphatic rings. The summed E-state index contributed by atoms with van der Waals surface area (Å²) in [6.07, 6.45) is 5.02. The Morgan fingerprint density at radius 2 is 2.00 bits per heavy atom. The molecule has 0 atom stereocenters. The van der Waals surface area contributed by atoms with Crippen LogP contribution in [-0.4, -0.2) is 22.7 Å². The first kappa shape index (κ1) is 16.4. The Bertz CT molecular complexity index is 742. The van der Waals surface area contributed by atoms with Crippen molar-refractivity contribution < 1.29 is 14.7 Å². The molecule has 1 aromatic carbocycles. The highest BCUT2D eigenvalue weighted by molar-refractivity contribution is 6.17. The Morgan fingerprint density at radius 1 is 1.26 bits per heavy atom. The molecule has 2 N–H and O–H groups in total. The second-order valence-electron chi connectivity index (χ2n) is 5.15. The quantitative estimate of drug-likeness (QED) is 0.877. The molecule has 1 amide bonds. The molecule has 2 rings (SSSR count). The van der Waals surface area contributed by atoms with Crippen LogP contribution in [0.4, 0.5) is 5.69 Å². The lowest BCUT2D eigenvalue weighted by Crippen LogP contribution is -2.29. The number of amides is 1. The fourth-order valence-electron chi connectivity index (χ4n) is 2.07. The van der Waals surface area contributed by atoms with Crippen molar-refractivity contribution in [3.63, 3.8) is 0 Å². The number of para-hydroxylation sites is 1. The highest BCUT2D eigenvalue weighted by atomic mass is 16.4. The molecule has 0 aromatic heterocycles. The monoisotopic (exact) mass is 310 g/mol. The minimum absolute atomic E-state index is 0.0828. The molecule has 0 saturated heterocycles. The summed E-state index contributed by atoms with van der Waals surface area (Å²) in [7, 11) is 0. The van der Waals surface area contributed by atoms with E-state index in [1.165, 1.54) is 0 Å². The number of allylic oxidation sites excluding steroid dienone is 4. The Kier molecular flexibility index (Phi) is 5.25. The van der Waals surface area contributed by atoms with E-state index in [0.717, 1.165) is 11.3 Å². The van der Waals surface area contributed by atoms with Gasteiger partial charge in [-0.25, -0.2) is 4.99 Å². The molecule has 118 valence electrons. The van der Waals surface area contributed by atoms with E-state index in [9.17, 15) is 9.59 Å². The Labute approximate surface area is 134 Å². The fraction of sp³-hybridized carbons (Fsp3) is 0.167. The number of benzene rings is 1. The van der Waals surface area contributed by atoms with E-state index >= 15 is 0 Å². The molecule has 1 aromatic rings. The van der Waals surface area contributed by atoms with Gasteiger partial charge in [-0.3, -0.25) is 9.59 Å². The van der Waals surface area contributed by atoms with Gasteiger partial charge in [0.05, 0.1) is 23.5 Å². The van der Waals surface area contributed by atoms with Gasteiger partial charge in [-0.2, -0.15) is 0 Å². The average molecular weight is 310 g/mol. The summed E-state index contributed by atoms with van der Waals surface area (Å²) in [6.45, 7) is 5.90. The fourth-order valence-corrected chi connectivity index (χ4v) is 2.07. The van der Waals surface area contributed by atoms with E-state index in [-0.39, 0.29) is 18.7 Å². The predicted molar refractivity (Wildman–Crippen MR) is 89.6 cm³/mol. The Balaban J connectivity index is 2.23. The second kappa shape index (κ2) is 7.35. The number of carbonyl (C=O) groups excluding carboxylic acids is 1. The Morgan fingerprint density at radius 3 is 2.70 bits per heavy atom. The molecule has 5 nitrogen and oxygen atoms in total. The van der Waals surface area contributed by atoms with E-state index in [4.69, 9.17) is 5.11 Å². The number of rotatable bonds is 5. The van der Waals surface area contributed by atoms with Crippen LogP contribution in [0.25, 0.3) is 0 Å². The number of nitrogens with zero attached hydrogens (tertiary/aromatic N) is 1. The van der Waals surface area contributed by atoms with Crippen LogP contribution in [0.2, 0.25) is 0 Å². The lowest BCUT2D eigenvalue weighted by molar-refractivity contribution is -0.138. The number of hydrogen-bond acceptors (Lipinski definition) is 3. The summed E-state index contributed by atoms with van der Waals surface area (Å²) < 4.78 is 0. The number of hydrogen-bond donors (Lipinski definition) is 2. The lowest BCUT2D eigenvalue weighted by atomic mass is 10.0. The van der Waals surface area contributed by atoms with Gasteiger partial charge < -0.3 is 10.4 Å². The first-order chi connectivity index (χ1) is 11.0. The maximum absolute atomic E-state index is 11.9. The van der Waals surface area contributed by atoms with Crippen molar-refractivity contribution in [3.05, 3.63) is 65.9 Å². The molecule has 0 radical (unpaired) electrons. The smallest absolute Gasteiger partial charge is 0.303 e. The summed E-state index contributed by atoms with van der Waals surface area (Å²) in [5.74, 6) is -1.37. The average Bonchev–Trinajstić information content (AvgIpc) is 2.50. The number of aliphatic imine (C=N–C) groups is 1. The Hall–Kier alpha value is -2.95. The molecular formula is C18H18N2O3. The van der Waals surface area contributed by atoms with Crippen LogP contribution in [0.1, 0.15) is 18.4 Å². The van der Waals surface area contributed by atoms with Gasteiger partial charge in [-0.05, 0) is 30.2 Å². The van der Waals surface area contributed by atoms with Crippen molar-refractivity contribution >= 4 is 23.3 Å². The first-order valence-corrected chi connectivity index (χ1v) is 7.21. The molecule has 5 heteroatoms. The summed E-state index contributed by atoms with van der Waals surface area (Å²) in [5.41, 5.74) is 3.59. The summed E-state index contributed by atoms with van der Waals surface area (Å²) >= 11 is 0. The zero-order valence-electron chi connectivity index (χ0n) is 12.9. The third kappa shape index (κ3) is 4.51. The number of carboxylic acids is 1. The number of aliphatic carboxylic acids is 1. The van der Waals surface area contributed by atoms with Crippen molar-refractivity contribution in [1.29, 1.82) is 0 Å². The molecule has 1 aliphatic carbocycles. The first-order valence-electron chi connectivity index (χ1n) is 7.21. The van der Waals surface area contributed by atoms with Gasteiger partial charge in [0, 0.05) is 6.42 Å². The van der Waals surface area contributed by atoms with Crippen LogP contribution in [0.15, 0.2) is 65.3 Å². The zero-order valence-corrected chi connectivity index (χ0v) is 12.9. The topological polar surface area (TPSA) is 78.8 Å².